The lowest BCUT2D eigenvalue weighted by molar-refractivity contribution is 0.0941. The monoisotopic (exact) mass is 448 g/mol. The molecular formula is C21H24N2O5S2. The molecule has 1 atom stereocenters. The molecule has 1 aromatic heterocycles. The van der Waals surface area contributed by atoms with Crippen LogP contribution in [-0.2, 0) is 22.7 Å². The molecule has 2 aliphatic rings. The van der Waals surface area contributed by atoms with Gasteiger partial charge >= 0.3 is 0 Å². The number of ether oxygens (including phenoxy) is 1. The van der Waals surface area contributed by atoms with Crippen LogP contribution in [0.2, 0.25) is 0 Å². The van der Waals surface area contributed by atoms with Gasteiger partial charge in [0.25, 0.3) is 11.8 Å². The van der Waals surface area contributed by atoms with Gasteiger partial charge in [-0.2, -0.15) is 0 Å². The fraction of sp³-hybridized carbons (Fsp3) is 0.429. The summed E-state index contributed by atoms with van der Waals surface area (Å²) in [6, 6.07) is 6.52. The van der Waals surface area contributed by atoms with Crippen LogP contribution in [0.4, 0.5) is 5.00 Å². The highest BCUT2D eigenvalue weighted by Gasteiger charge is 2.32. The molecule has 9 heteroatoms. The summed E-state index contributed by atoms with van der Waals surface area (Å²) in [6.45, 7) is 2.38. The zero-order valence-electron chi connectivity index (χ0n) is 16.7. The average molecular weight is 449 g/mol. The van der Waals surface area contributed by atoms with Crippen molar-refractivity contribution < 1.29 is 22.7 Å². The van der Waals surface area contributed by atoms with Crippen LogP contribution in [0, 0.1) is 0 Å². The third-order valence-electron chi connectivity index (χ3n) is 5.35. The number of rotatable bonds is 6. The highest BCUT2D eigenvalue weighted by atomic mass is 32.2. The van der Waals surface area contributed by atoms with Crippen LogP contribution in [0.3, 0.4) is 0 Å². The molecule has 7 nitrogen and oxygen atoms in total. The van der Waals surface area contributed by atoms with Crippen molar-refractivity contribution in [1.29, 1.82) is 0 Å². The van der Waals surface area contributed by atoms with Gasteiger partial charge in [0.15, 0.2) is 9.84 Å². The molecule has 30 heavy (non-hydrogen) atoms. The van der Waals surface area contributed by atoms with Crippen molar-refractivity contribution in [3.63, 3.8) is 0 Å². The fourth-order valence-corrected chi connectivity index (χ4v) is 6.92. The maximum Gasteiger partial charge on any atom is 0.256 e. The van der Waals surface area contributed by atoms with Gasteiger partial charge in [0.2, 0.25) is 0 Å². The van der Waals surface area contributed by atoms with Crippen molar-refractivity contribution in [3.05, 3.63) is 45.8 Å². The first kappa shape index (κ1) is 20.9. The van der Waals surface area contributed by atoms with Crippen molar-refractivity contribution in [2.24, 2.45) is 0 Å². The molecule has 1 fully saturated rings. The van der Waals surface area contributed by atoms with Gasteiger partial charge in [0, 0.05) is 16.5 Å². The number of thiophene rings is 1. The predicted molar refractivity (Wildman–Crippen MR) is 116 cm³/mol. The molecule has 1 aromatic carbocycles. The quantitative estimate of drug-likeness (QED) is 0.708. The number of aryl methyl sites for hydroxylation is 1. The molecule has 2 N–H and O–H groups in total. The number of nitrogens with one attached hydrogen (secondary N) is 2. The van der Waals surface area contributed by atoms with Gasteiger partial charge in [0.1, 0.15) is 10.8 Å². The molecule has 1 saturated heterocycles. The Bertz CT molecular complexity index is 1090. The van der Waals surface area contributed by atoms with E-state index >= 15 is 0 Å². The third-order valence-corrected chi connectivity index (χ3v) is 8.33. The normalized spacial score (nSPS) is 19.3. The maximum atomic E-state index is 13.0. The van der Waals surface area contributed by atoms with Gasteiger partial charge in [-0.3, -0.25) is 9.59 Å². The lowest BCUT2D eigenvalue weighted by Gasteiger charge is -2.13. The highest BCUT2D eigenvalue weighted by molar-refractivity contribution is 7.91. The Balaban J connectivity index is 1.56. The highest BCUT2D eigenvalue weighted by Crippen LogP contribution is 2.39. The van der Waals surface area contributed by atoms with Gasteiger partial charge in [-0.25, -0.2) is 8.42 Å². The number of hydrogen-bond acceptors (Lipinski definition) is 6. The van der Waals surface area contributed by atoms with Gasteiger partial charge < -0.3 is 15.4 Å². The first-order valence-electron chi connectivity index (χ1n) is 10.1. The second-order valence-electron chi connectivity index (χ2n) is 7.55. The Morgan fingerprint density at radius 3 is 2.80 bits per heavy atom. The van der Waals surface area contributed by atoms with Crippen LogP contribution in [0.15, 0.2) is 24.3 Å². The molecule has 0 spiro atoms. The van der Waals surface area contributed by atoms with Crippen molar-refractivity contribution >= 4 is 38.0 Å². The summed E-state index contributed by atoms with van der Waals surface area (Å²) in [4.78, 5) is 27.0. The summed E-state index contributed by atoms with van der Waals surface area (Å²) in [5.74, 6) is 0.0549. The van der Waals surface area contributed by atoms with E-state index in [1.807, 2.05) is 6.92 Å². The van der Waals surface area contributed by atoms with Crippen LogP contribution in [0.1, 0.15) is 50.9 Å². The van der Waals surface area contributed by atoms with E-state index in [0.717, 1.165) is 29.7 Å². The van der Waals surface area contributed by atoms with Crippen LogP contribution >= 0.6 is 11.3 Å². The van der Waals surface area contributed by atoms with E-state index < -0.39 is 9.84 Å². The van der Waals surface area contributed by atoms with Crippen LogP contribution < -0.4 is 15.4 Å². The molecule has 0 unspecified atom stereocenters. The lowest BCUT2D eigenvalue weighted by Crippen LogP contribution is -2.36. The summed E-state index contributed by atoms with van der Waals surface area (Å²) in [5.41, 5.74) is 1.89. The minimum atomic E-state index is -3.09. The summed E-state index contributed by atoms with van der Waals surface area (Å²) >= 11 is 1.43. The SMILES string of the molecule is CCOc1cccc(C(=O)Nc2sc3c(c2C(=O)N[C@H]2CCS(=O)(=O)C2)CCC3)c1. The summed E-state index contributed by atoms with van der Waals surface area (Å²) in [5, 5.41) is 6.27. The molecule has 0 bridgehead atoms. The fourth-order valence-electron chi connectivity index (χ4n) is 3.97. The Morgan fingerprint density at radius 2 is 2.07 bits per heavy atom. The van der Waals surface area contributed by atoms with E-state index in [9.17, 15) is 18.0 Å². The first-order valence-corrected chi connectivity index (χ1v) is 12.7. The smallest absolute Gasteiger partial charge is 0.256 e. The minimum absolute atomic E-state index is 0.0308. The van der Waals surface area contributed by atoms with Crippen molar-refractivity contribution in [3.8, 4) is 5.75 Å². The molecule has 2 amide bonds. The molecule has 160 valence electrons. The molecule has 0 radical (unpaired) electrons. The Morgan fingerprint density at radius 1 is 1.23 bits per heavy atom. The molecule has 1 aliphatic carbocycles. The zero-order chi connectivity index (χ0) is 21.3. The molecule has 1 aliphatic heterocycles. The standard InChI is InChI=1S/C21H24N2O5S2/c1-2-28-15-6-3-5-13(11-15)19(24)23-21-18(16-7-4-8-17(16)29-21)20(25)22-14-9-10-30(26,27)12-14/h3,5-6,11,14H,2,4,7-10,12H2,1H3,(H,22,25)(H,23,24)/t14-/m0/s1. The van der Waals surface area contributed by atoms with E-state index in [4.69, 9.17) is 4.74 Å². The van der Waals surface area contributed by atoms with Crippen molar-refractivity contribution in [1.82, 2.24) is 5.32 Å². The number of carbonyl (C=O) groups excluding carboxylic acids is 2. The topological polar surface area (TPSA) is 102 Å². The molecular weight excluding hydrogens is 424 g/mol. The number of fused-ring (bicyclic) bond motifs is 1. The van der Waals surface area contributed by atoms with Gasteiger partial charge in [-0.1, -0.05) is 6.07 Å². The Kier molecular flexibility index (Phi) is 5.84. The predicted octanol–water partition coefficient (Wildman–Crippen LogP) is 2.80. The van der Waals surface area contributed by atoms with Crippen molar-refractivity contribution in [2.75, 3.05) is 23.4 Å². The first-order chi connectivity index (χ1) is 14.4. The second-order valence-corrected chi connectivity index (χ2v) is 10.9. The maximum absolute atomic E-state index is 13.0. The van der Waals surface area contributed by atoms with E-state index in [-0.39, 0.29) is 29.4 Å². The average Bonchev–Trinajstić information content (AvgIpc) is 3.36. The van der Waals surface area contributed by atoms with E-state index in [2.05, 4.69) is 10.6 Å². The van der Waals surface area contributed by atoms with Crippen LogP contribution in [0.25, 0.3) is 0 Å². The van der Waals surface area contributed by atoms with Crippen LogP contribution in [-0.4, -0.2) is 44.4 Å². The summed E-state index contributed by atoms with van der Waals surface area (Å²) in [7, 11) is -3.09. The summed E-state index contributed by atoms with van der Waals surface area (Å²) < 4.78 is 28.9. The van der Waals surface area contributed by atoms with E-state index in [1.54, 1.807) is 24.3 Å². The van der Waals surface area contributed by atoms with Gasteiger partial charge in [-0.15, -0.1) is 11.3 Å². The molecule has 2 heterocycles. The number of hydrogen-bond donors (Lipinski definition) is 2. The largest absolute Gasteiger partial charge is 0.494 e. The number of benzene rings is 1. The number of anilines is 1. The third kappa shape index (κ3) is 4.37. The van der Waals surface area contributed by atoms with E-state index in [1.165, 1.54) is 11.3 Å². The number of sulfone groups is 1. The molecule has 0 saturated carbocycles. The number of carbonyl (C=O) groups is 2. The number of amides is 2. The summed E-state index contributed by atoms with van der Waals surface area (Å²) in [6.07, 6.45) is 3.07. The lowest BCUT2D eigenvalue weighted by atomic mass is 10.1. The second kappa shape index (κ2) is 8.39. The van der Waals surface area contributed by atoms with Gasteiger partial charge in [0.05, 0.1) is 23.7 Å². The van der Waals surface area contributed by atoms with E-state index in [0.29, 0.717) is 34.9 Å². The van der Waals surface area contributed by atoms with Gasteiger partial charge in [-0.05, 0) is 56.4 Å². The van der Waals surface area contributed by atoms with Crippen molar-refractivity contribution in [2.45, 2.75) is 38.6 Å². The van der Waals surface area contributed by atoms with Crippen LogP contribution in [0.5, 0.6) is 5.75 Å². The molecule has 4 rings (SSSR count). The Hall–Kier alpha value is -2.39. The minimum Gasteiger partial charge on any atom is -0.494 e. The molecule has 2 aromatic rings. The Labute approximate surface area is 179 Å². The zero-order valence-corrected chi connectivity index (χ0v) is 18.3.